The van der Waals surface area contributed by atoms with Crippen LogP contribution in [-0.2, 0) is 4.94 Å². The molecule has 100 valence electrons. The van der Waals surface area contributed by atoms with E-state index in [0.29, 0.717) is 0 Å². The van der Waals surface area contributed by atoms with Crippen LogP contribution in [0.1, 0.15) is 0 Å². The van der Waals surface area contributed by atoms with Crippen molar-refractivity contribution in [2.75, 3.05) is 0 Å². The maximum Gasteiger partial charge on any atom is 0.666 e. The van der Waals surface area contributed by atoms with E-state index >= 15 is 0 Å². The van der Waals surface area contributed by atoms with Crippen molar-refractivity contribution in [2.45, 2.75) is 5.79 Å². The Morgan fingerprint density at radius 3 is 2.53 bits per heavy atom. The number of amidine groups is 1. The third-order valence-electron chi connectivity index (χ3n) is 1.88. The minimum atomic E-state index is -3.26. The molecular weight excluding hydrogens is 272 g/mol. The van der Waals surface area contributed by atoms with Crippen LogP contribution < -0.4 is 5.48 Å². The van der Waals surface area contributed by atoms with Crippen LogP contribution in [0, 0.1) is 25.4 Å². The van der Waals surface area contributed by atoms with Gasteiger partial charge in [-0.15, -0.1) is 4.86 Å². The van der Waals surface area contributed by atoms with Gasteiger partial charge < -0.3 is 5.21 Å². The Morgan fingerprint density at radius 1 is 1.32 bits per heavy atom. The highest BCUT2D eigenvalue weighted by atomic mass is 16.8. The highest BCUT2D eigenvalue weighted by Gasteiger charge is 2.76. The third kappa shape index (κ3) is 1.78. The second-order valence-corrected chi connectivity index (χ2v) is 2.93. The standard InChI is InChI=1S/C4H2N8O7/c13-10(6-2-1-5-18-7-2)3-4(11(14)15,12(16)17)9-19-8-3/h1,9H. The first-order valence-electron chi connectivity index (χ1n) is 4.25. The maximum absolute atomic E-state index is 11.5. The zero-order valence-electron chi connectivity index (χ0n) is 8.57. The van der Waals surface area contributed by atoms with Crippen molar-refractivity contribution >= 4 is 11.7 Å². The summed E-state index contributed by atoms with van der Waals surface area (Å²) in [4.78, 5) is 22.3. The highest BCUT2D eigenvalue weighted by molar-refractivity contribution is 5.80. The van der Waals surface area contributed by atoms with Crippen LogP contribution in [0.15, 0.2) is 21.1 Å². The van der Waals surface area contributed by atoms with E-state index in [1.165, 1.54) is 5.48 Å². The fraction of sp³-hybridized carbons (Fsp3) is 0.250. The summed E-state index contributed by atoms with van der Waals surface area (Å²) >= 11 is 0. The number of oxime groups is 1. The molecule has 0 spiro atoms. The van der Waals surface area contributed by atoms with Crippen LogP contribution in [-0.4, -0.2) is 36.6 Å². The SMILES string of the molecule is O=[N+]([O-])C1([N+](=O)[O-])NON=C1[N+]([O-])=Nc1cnon1. The van der Waals surface area contributed by atoms with Crippen molar-refractivity contribution in [3.8, 4) is 0 Å². The lowest BCUT2D eigenvalue weighted by molar-refractivity contribution is -0.794. The number of hydrogen-bond acceptors (Lipinski definition) is 12. The molecule has 1 aliphatic heterocycles. The lowest BCUT2D eigenvalue weighted by atomic mass is 10.3. The first-order valence-corrected chi connectivity index (χ1v) is 4.25. The van der Waals surface area contributed by atoms with Crippen molar-refractivity contribution in [3.05, 3.63) is 31.6 Å². The van der Waals surface area contributed by atoms with Crippen molar-refractivity contribution in [3.63, 3.8) is 0 Å². The number of aromatic nitrogens is 2. The zero-order chi connectivity index (χ0) is 14.0. The van der Waals surface area contributed by atoms with Gasteiger partial charge in [-0.05, 0) is 5.16 Å². The number of nitro groups is 2. The molecule has 0 aliphatic carbocycles. The number of nitrogens with zero attached hydrogens (tertiary/aromatic N) is 7. The molecule has 0 bridgehead atoms. The minimum absolute atomic E-state index is 0.370. The van der Waals surface area contributed by atoms with Gasteiger partial charge in [0, 0.05) is 5.48 Å². The summed E-state index contributed by atoms with van der Waals surface area (Å²) in [5.41, 5.74) is 1.42. The summed E-state index contributed by atoms with van der Waals surface area (Å²) in [6.07, 6.45) is 0.898. The van der Waals surface area contributed by atoms with Crippen LogP contribution in [0.25, 0.3) is 0 Å². The number of hydroxylamine groups is 2. The Labute approximate surface area is 100 Å². The molecule has 1 aliphatic rings. The largest absolute Gasteiger partial charge is 0.690 e. The molecule has 1 aromatic rings. The second kappa shape index (κ2) is 4.22. The molecule has 15 heteroatoms. The lowest BCUT2D eigenvalue weighted by Crippen LogP contribution is -2.62. The van der Waals surface area contributed by atoms with Crippen LogP contribution >= 0.6 is 0 Å². The molecule has 0 unspecified atom stereocenters. The van der Waals surface area contributed by atoms with Crippen molar-refractivity contribution in [1.82, 2.24) is 15.8 Å². The number of azo groups is 1. The van der Waals surface area contributed by atoms with Crippen molar-refractivity contribution in [1.29, 1.82) is 0 Å². The van der Waals surface area contributed by atoms with E-state index in [1.54, 1.807) is 0 Å². The molecule has 0 atom stereocenters. The Hall–Kier alpha value is -3.23. The first kappa shape index (κ1) is 12.2. The molecule has 0 fully saturated rings. The average molecular weight is 274 g/mol. The van der Waals surface area contributed by atoms with E-state index in [-0.39, 0.29) is 5.82 Å². The van der Waals surface area contributed by atoms with Crippen LogP contribution in [0.2, 0.25) is 0 Å². The monoisotopic (exact) mass is 274 g/mol. The van der Waals surface area contributed by atoms with Crippen molar-refractivity contribution < 1.29 is 24.3 Å². The van der Waals surface area contributed by atoms with E-state index < -0.39 is 26.3 Å². The van der Waals surface area contributed by atoms with Gasteiger partial charge in [-0.3, -0.25) is 20.2 Å². The van der Waals surface area contributed by atoms with E-state index in [1.807, 2.05) is 0 Å². The molecule has 2 rings (SSSR count). The van der Waals surface area contributed by atoms with Gasteiger partial charge in [-0.1, -0.05) is 10.3 Å². The molecule has 0 radical (unpaired) electrons. The maximum atomic E-state index is 11.5. The van der Waals surface area contributed by atoms with Gasteiger partial charge in [0.1, 0.15) is 16.0 Å². The van der Waals surface area contributed by atoms with Gasteiger partial charge in [-0.25, -0.2) is 4.63 Å². The van der Waals surface area contributed by atoms with Gasteiger partial charge in [0.25, 0.3) is 5.82 Å². The number of hydrogen-bond donors (Lipinski definition) is 1. The summed E-state index contributed by atoms with van der Waals surface area (Å²) in [5.74, 6) is -4.88. The first-order chi connectivity index (χ1) is 8.98. The van der Waals surface area contributed by atoms with E-state index in [2.05, 4.69) is 30.2 Å². The second-order valence-electron chi connectivity index (χ2n) is 2.93. The fourth-order valence-electron chi connectivity index (χ4n) is 1.06. The zero-order valence-corrected chi connectivity index (χ0v) is 8.57. The van der Waals surface area contributed by atoms with Gasteiger partial charge in [0.15, 0.2) is 5.16 Å². The third-order valence-corrected chi connectivity index (χ3v) is 1.88. The summed E-state index contributed by atoms with van der Waals surface area (Å²) in [7, 11) is 0. The fourth-order valence-corrected chi connectivity index (χ4v) is 1.06. The molecule has 1 aromatic heterocycles. The predicted molar refractivity (Wildman–Crippen MR) is 48.4 cm³/mol. The van der Waals surface area contributed by atoms with E-state index in [0.717, 1.165) is 6.20 Å². The Morgan fingerprint density at radius 2 is 2.00 bits per heavy atom. The summed E-state index contributed by atoms with van der Waals surface area (Å²) in [6, 6.07) is 0. The Kier molecular flexibility index (Phi) is 2.72. The molecule has 15 nitrogen and oxygen atoms in total. The van der Waals surface area contributed by atoms with Crippen LogP contribution in [0.4, 0.5) is 5.82 Å². The summed E-state index contributed by atoms with van der Waals surface area (Å²) in [5, 5.41) is 45.3. The van der Waals surface area contributed by atoms with Gasteiger partial charge in [0.05, 0.1) is 0 Å². The normalized spacial score (nSPS) is 17.7. The van der Waals surface area contributed by atoms with Crippen LogP contribution in [0.3, 0.4) is 0 Å². The molecule has 0 saturated carbocycles. The average Bonchev–Trinajstić information content (AvgIpc) is 2.96. The molecule has 2 heterocycles. The molecule has 1 N–H and O–H groups in total. The van der Waals surface area contributed by atoms with Gasteiger partial charge in [0.2, 0.25) is 0 Å². The number of rotatable bonds is 3. The van der Waals surface area contributed by atoms with Gasteiger partial charge >= 0.3 is 11.6 Å². The molecule has 0 saturated heterocycles. The number of nitrogens with one attached hydrogen (secondary N) is 1. The minimum Gasteiger partial charge on any atom is -0.690 e. The van der Waals surface area contributed by atoms with E-state index in [9.17, 15) is 25.4 Å². The molecule has 0 amide bonds. The summed E-state index contributed by atoms with van der Waals surface area (Å²) < 4.78 is 4.11. The predicted octanol–water partition coefficient (Wildman–Crippen LogP) is -1.28. The topological polar surface area (TPSA) is 197 Å². The highest BCUT2D eigenvalue weighted by Crippen LogP contribution is 2.18. The molecular formula is C4H2N8O7. The Bertz CT molecular complexity index is 562. The van der Waals surface area contributed by atoms with Crippen LogP contribution in [0.5, 0.6) is 0 Å². The smallest absolute Gasteiger partial charge is 0.666 e. The summed E-state index contributed by atoms with van der Waals surface area (Å²) in [6.45, 7) is 0. The molecule has 0 aromatic carbocycles. The lowest BCUT2D eigenvalue weighted by Gasteiger charge is -2.08. The Balaban J connectivity index is 2.43. The van der Waals surface area contributed by atoms with E-state index in [4.69, 9.17) is 0 Å². The van der Waals surface area contributed by atoms with Crippen molar-refractivity contribution in [2.24, 2.45) is 10.3 Å². The van der Waals surface area contributed by atoms with Gasteiger partial charge in [-0.2, -0.15) is 4.94 Å². The molecule has 19 heavy (non-hydrogen) atoms. The quantitative estimate of drug-likeness (QED) is 0.227.